The minimum absolute atomic E-state index is 0.390. The van der Waals surface area contributed by atoms with Gasteiger partial charge in [-0.15, -0.1) is 0 Å². The van der Waals surface area contributed by atoms with Gasteiger partial charge in [0.15, 0.2) is 0 Å². The average molecular weight is 219 g/mol. The number of rotatable bonds is 3. The van der Waals surface area contributed by atoms with E-state index in [1.807, 2.05) is 12.3 Å². The molecule has 4 nitrogen and oxygen atoms in total. The number of aromatic nitrogens is 1. The summed E-state index contributed by atoms with van der Waals surface area (Å²) in [5.41, 5.74) is 7.41. The predicted molar refractivity (Wildman–Crippen MR) is 63.1 cm³/mol. The molecular formula is C12H17N3O. The van der Waals surface area contributed by atoms with Crippen molar-refractivity contribution in [1.82, 2.24) is 4.98 Å². The maximum absolute atomic E-state index is 5.78. The minimum Gasteiger partial charge on any atom is -0.397 e. The molecule has 1 aromatic rings. The molecule has 1 saturated heterocycles. The molecule has 2 heterocycles. The van der Waals surface area contributed by atoms with Gasteiger partial charge in [-0.25, -0.2) is 0 Å². The van der Waals surface area contributed by atoms with Crippen molar-refractivity contribution in [3.8, 4) is 0 Å². The van der Waals surface area contributed by atoms with Crippen molar-refractivity contribution in [3.63, 3.8) is 0 Å². The fraction of sp³-hybridized carbons (Fsp3) is 0.583. The van der Waals surface area contributed by atoms with Gasteiger partial charge in [0.2, 0.25) is 0 Å². The summed E-state index contributed by atoms with van der Waals surface area (Å²) in [4.78, 5) is 4.08. The van der Waals surface area contributed by atoms with Gasteiger partial charge in [0.1, 0.15) is 0 Å². The van der Waals surface area contributed by atoms with Crippen LogP contribution in [0.1, 0.15) is 19.3 Å². The highest BCUT2D eigenvalue weighted by molar-refractivity contribution is 5.52. The fourth-order valence-corrected chi connectivity index (χ4v) is 2.41. The lowest BCUT2D eigenvalue weighted by atomic mass is 10.1. The van der Waals surface area contributed by atoms with E-state index in [1.165, 1.54) is 12.8 Å². The van der Waals surface area contributed by atoms with Crippen LogP contribution in [0.2, 0.25) is 0 Å². The van der Waals surface area contributed by atoms with E-state index in [0.29, 0.717) is 17.8 Å². The van der Waals surface area contributed by atoms with Crippen LogP contribution in [0.3, 0.4) is 0 Å². The van der Waals surface area contributed by atoms with Gasteiger partial charge in [0.25, 0.3) is 0 Å². The second-order valence-corrected chi connectivity index (χ2v) is 4.72. The monoisotopic (exact) mass is 219 g/mol. The molecule has 0 bridgehead atoms. The molecule has 4 heteroatoms. The van der Waals surface area contributed by atoms with Crippen LogP contribution >= 0.6 is 0 Å². The van der Waals surface area contributed by atoms with E-state index < -0.39 is 0 Å². The standard InChI is InChI=1S/C12H17N3O/c13-9-5-10(7-14-6-9)15-11-3-4-16-12(11)8-1-2-8/h5-8,11-12,15H,1-4,13H2. The van der Waals surface area contributed by atoms with Crippen LogP contribution < -0.4 is 11.1 Å². The highest BCUT2D eigenvalue weighted by atomic mass is 16.5. The van der Waals surface area contributed by atoms with Crippen molar-refractivity contribution in [2.24, 2.45) is 5.92 Å². The van der Waals surface area contributed by atoms with Crippen molar-refractivity contribution in [3.05, 3.63) is 18.5 Å². The first-order chi connectivity index (χ1) is 7.83. The summed E-state index contributed by atoms with van der Waals surface area (Å²) in [5.74, 6) is 0.772. The second kappa shape index (κ2) is 3.94. The quantitative estimate of drug-likeness (QED) is 0.811. The molecule has 0 amide bonds. The zero-order valence-corrected chi connectivity index (χ0v) is 9.23. The number of ether oxygens (including phenoxy) is 1. The first-order valence-electron chi connectivity index (χ1n) is 5.91. The normalized spacial score (nSPS) is 29.2. The van der Waals surface area contributed by atoms with Crippen molar-refractivity contribution >= 4 is 11.4 Å². The van der Waals surface area contributed by atoms with Gasteiger partial charge >= 0.3 is 0 Å². The number of hydrogen-bond donors (Lipinski definition) is 2. The van der Waals surface area contributed by atoms with E-state index in [-0.39, 0.29) is 0 Å². The number of nitrogen functional groups attached to an aromatic ring is 1. The maximum Gasteiger partial charge on any atom is 0.0804 e. The Bertz CT molecular complexity index is 378. The zero-order chi connectivity index (χ0) is 11.0. The van der Waals surface area contributed by atoms with Crippen LogP contribution in [0, 0.1) is 5.92 Å². The third kappa shape index (κ3) is 1.97. The molecule has 2 atom stereocenters. The molecule has 0 radical (unpaired) electrons. The largest absolute Gasteiger partial charge is 0.397 e. The van der Waals surface area contributed by atoms with E-state index in [0.717, 1.165) is 24.6 Å². The van der Waals surface area contributed by atoms with E-state index in [1.54, 1.807) is 6.20 Å². The van der Waals surface area contributed by atoms with Crippen LogP contribution in [-0.4, -0.2) is 23.7 Å². The highest BCUT2D eigenvalue weighted by Crippen LogP contribution is 2.39. The lowest BCUT2D eigenvalue weighted by molar-refractivity contribution is 0.0898. The molecule has 1 saturated carbocycles. The maximum atomic E-state index is 5.78. The smallest absolute Gasteiger partial charge is 0.0804 e. The van der Waals surface area contributed by atoms with Crippen LogP contribution in [0.15, 0.2) is 18.5 Å². The Morgan fingerprint density at radius 2 is 2.19 bits per heavy atom. The molecule has 3 N–H and O–H groups in total. The lowest BCUT2D eigenvalue weighted by Crippen LogP contribution is -2.30. The summed E-state index contributed by atoms with van der Waals surface area (Å²) in [6.45, 7) is 0.870. The van der Waals surface area contributed by atoms with Crippen molar-refractivity contribution in [2.75, 3.05) is 17.7 Å². The van der Waals surface area contributed by atoms with Gasteiger partial charge in [-0.2, -0.15) is 0 Å². The van der Waals surface area contributed by atoms with E-state index in [2.05, 4.69) is 10.3 Å². The van der Waals surface area contributed by atoms with Crippen LogP contribution in [0.5, 0.6) is 0 Å². The SMILES string of the molecule is Nc1cncc(NC2CCOC2C2CC2)c1. The van der Waals surface area contributed by atoms with E-state index in [9.17, 15) is 0 Å². The van der Waals surface area contributed by atoms with Crippen LogP contribution in [0.4, 0.5) is 11.4 Å². The molecule has 86 valence electrons. The number of nitrogens with two attached hydrogens (primary N) is 1. The Balaban J connectivity index is 1.69. The van der Waals surface area contributed by atoms with Gasteiger partial charge in [-0.1, -0.05) is 0 Å². The van der Waals surface area contributed by atoms with Crippen molar-refractivity contribution in [2.45, 2.75) is 31.4 Å². The Hall–Kier alpha value is -1.29. The molecule has 1 aromatic heterocycles. The number of hydrogen-bond acceptors (Lipinski definition) is 4. The number of nitrogens with zero attached hydrogens (tertiary/aromatic N) is 1. The number of nitrogens with one attached hydrogen (secondary N) is 1. The first kappa shape index (κ1) is 9.90. The molecule has 3 rings (SSSR count). The van der Waals surface area contributed by atoms with Gasteiger partial charge in [-0.05, 0) is 31.2 Å². The molecule has 16 heavy (non-hydrogen) atoms. The third-order valence-electron chi connectivity index (χ3n) is 3.33. The Morgan fingerprint density at radius 1 is 1.31 bits per heavy atom. The summed E-state index contributed by atoms with van der Waals surface area (Å²) in [7, 11) is 0. The van der Waals surface area contributed by atoms with Crippen LogP contribution in [0.25, 0.3) is 0 Å². The van der Waals surface area contributed by atoms with E-state index in [4.69, 9.17) is 10.5 Å². The molecule has 0 aromatic carbocycles. The van der Waals surface area contributed by atoms with Gasteiger partial charge < -0.3 is 15.8 Å². The average Bonchev–Trinajstić information content (AvgIpc) is 3.00. The second-order valence-electron chi connectivity index (χ2n) is 4.72. The predicted octanol–water partition coefficient (Wildman–Crippen LogP) is 1.64. The summed E-state index contributed by atoms with van der Waals surface area (Å²) in [5, 5.41) is 3.49. The summed E-state index contributed by atoms with van der Waals surface area (Å²) in [6.07, 6.45) is 7.58. The number of pyridine rings is 1. The minimum atomic E-state index is 0.390. The molecule has 1 aliphatic heterocycles. The van der Waals surface area contributed by atoms with Gasteiger partial charge in [0, 0.05) is 12.8 Å². The summed E-state index contributed by atoms with van der Waals surface area (Å²) in [6, 6.07) is 2.35. The number of anilines is 2. The van der Waals surface area contributed by atoms with Gasteiger partial charge in [-0.3, -0.25) is 4.98 Å². The molecular weight excluding hydrogens is 202 g/mol. The van der Waals surface area contributed by atoms with E-state index >= 15 is 0 Å². The third-order valence-corrected chi connectivity index (χ3v) is 3.33. The molecule has 0 spiro atoms. The van der Waals surface area contributed by atoms with Crippen molar-refractivity contribution in [1.29, 1.82) is 0 Å². The Kier molecular flexibility index (Phi) is 2.44. The molecule has 2 fully saturated rings. The van der Waals surface area contributed by atoms with Gasteiger partial charge in [0.05, 0.1) is 29.7 Å². The van der Waals surface area contributed by atoms with Crippen LogP contribution in [-0.2, 0) is 4.74 Å². The zero-order valence-electron chi connectivity index (χ0n) is 9.23. The molecule has 2 unspecified atom stereocenters. The first-order valence-corrected chi connectivity index (χ1v) is 5.91. The Morgan fingerprint density at radius 3 is 2.94 bits per heavy atom. The Labute approximate surface area is 95.2 Å². The molecule has 2 aliphatic rings. The highest BCUT2D eigenvalue weighted by Gasteiger charge is 2.40. The fourth-order valence-electron chi connectivity index (χ4n) is 2.41. The lowest BCUT2D eigenvalue weighted by Gasteiger charge is -2.20. The molecule has 1 aliphatic carbocycles. The topological polar surface area (TPSA) is 60.2 Å². The summed E-state index contributed by atoms with van der Waals surface area (Å²) < 4.78 is 5.78. The summed E-state index contributed by atoms with van der Waals surface area (Å²) >= 11 is 0. The van der Waals surface area contributed by atoms with Crippen molar-refractivity contribution < 1.29 is 4.74 Å².